The molecule has 2 N–H and O–H groups in total. The molecule has 3 nitrogen and oxygen atoms in total. The molecule has 3 heteroatoms. The van der Waals surface area contributed by atoms with Crippen molar-refractivity contribution >= 4 is 0 Å². The quantitative estimate of drug-likeness (QED) is 0.751. The maximum atomic E-state index is 9.26. The van der Waals surface area contributed by atoms with E-state index in [0.29, 0.717) is 6.04 Å². The molecule has 0 bridgehead atoms. The second-order valence-corrected chi connectivity index (χ2v) is 6.01. The minimum Gasteiger partial charge on any atom is -0.393 e. The van der Waals surface area contributed by atoms with E-state index in [1.807, 2.05) is 6.92 Å². The molecule has 1 aromatic rings. The van der Waals surface area contributed by atoms with Crippen LogP contribution >= 0.6 is 0 Å². The number of piperidine rings is 1. The Hall–Kier alpha value is -0.900. The second-order valence-electron chi connectivity index (χ2n) is 6.01. The van der Waals surface area contributed by atoms with E-state index in [2.05, 4.69) is 40.5 Å². The molecule has 2 atom stereocenters. The highest BCUT2D eigenvalue weighted by atomic mass is 16.3. The van der Waals surface area contributed by atoms with E-state index in [-0.39, 0.29) is 6.10 Å². The van der Waals surface area contributed by atoms with Crippen molar-refractivity contribution in [2.24, 2.45) is 0 Å². The average Bonchev–Trinajstić information content (AvgIpc) is 2.45. The van der Waals surface area contributed by atoms with Crippen LogP contribution < -0.4 is 5.32 Å². The van der Waals surface area contributed by atoms with Crippen molar-refractivity contribution in [2.75, 3.05) is 19.6 Å². The third-order valence-electron chi connectivity index (χ3n) is 3.99. The molecular formula is C17H28N2O. The van der Waals surface area contributed by atoms with Gasteiger partial charge in [-0.2, -0.15) is 0 Å². The Kier molecular flexibility index (Phi) is 6.51. The van der Waals surface area contributed by atoms with Gasteiger partial charge in [0.15, 0.2) is 0 Å². The standard InChI is InChI=1S/C17H28N2O/c1-15(20)7-5-11-18-17-10-6-12-19(14-17)13-16-8-3-2-4-9-16/h2-4,8-9,15,17-18,20H,5-7,10-14H2,1H3. The smallest absolute Gasteiger partial charge is 0.0512 e. The predicted molar refractivity (Wildman–Crippen MR) is 83.7 cm³/mol. The van der Waals surface area contributed by atoms with Gasteiger partial charge in [0, 0.05) is 19.1 Å². The van der Waals surface area contributed by atoms with Crippen LogP contribution in [0, 0.1) is 0 Å². The number of nitrogens with zero attached hydrogens (tertiary/aromatic N) is 1. The Morgan fingerprint density at radius 1 is 1.35 bits per heavy atom. The van der Waals surface area contributed by atoms with Crippen LogP contribution in [0.3, 0.4) is 0 Å². The predicted octanol–water partition coefficient (Wildman–Crippen LogP) is 2.40. The Labute approximate surface area is 123 Å². The number of benzene rings is 1. The SMILES string of the molecule is CC(O)CCCNC1CCCN(Cc2ccccc2)C1. The van der Waals surface area contributed by atoms with Crippen molar-refractivity contribution in [3.05, 3.63) is 35.9 Å². The average molecular weight is 276 g/mol. The fraction of sp³-hybridized carbons (Fsp3) is 0.647. The molecule has 2 unspecified atom stereocenters. The minimum absolute atomic E-state index is 0.169. The zero-order chi connectivity index (χ0) is 14.2. The fourth-order valence-electron chi connectivity index (χ4n) is 2.91. The van der Waals surface area contributed by atoms with Crippen molar-refractivity contribution in [1.82, 2.24) is 10.2 Å². The van der Waals surface area contributed by atoms with Crippen molar-refractivity contribution in [1.29, 1.82) is 0 Å². The Balaban J connectivity index is 1.69. The molecule has 0 spiro atoms. The summed E-state index contributed by atoms with van der Waals surface area (Å²) in [6, 6.07) is 11.3. The van der Waals surface area contributed by atoms with E-state index in [1.165, 1.54) is 24.9 Å². The van der Waals surface area contributed by atoms with E-state index in [4.69, 9.17) is 0 Å². The van der Waals surface area contributed by atoms with Gasteiger partial charge in [0.1, 0.15) is 0 Å². The summed E-state index contributed by atoms with van der Waals surface area (Å²) in [6.45, 7) is 6.30. The molecule has 20 heavy (non-hydrogen) atoms. The third kappa shape index (κ3) is 5.61. The maximum absolute atomic E-state index is 9.26. The number of likely N-dealkylation sites (tertiary alicyclic amines) is 1. The maximum Gasteiger partial charge on any atom is 0.0512 e. The number of nitrogens with one attached hydrogen (secondary N) is 1. The molecule has 112 valence electrons. The van der Waals surface area contributed by atoms with Gasteiger partial charge >= 0.3 is 0 Å². The highest BCUT2D eigenvalue weighted by Crippen LogP contribution is 2.13. The van der Waals surface area contributed by atoms with E-state index >= 15 is 0 Å². The molecule has 0 amide bonds. The molecule has 1 saturated heterocycles. The van der Waals surface area contributed by atoms with Gasteiger partial charge < -0.3 is 10.4 Å². The second kappa shape index (κ2) is 8.40. The van der Waals surface area contributed by atoms with Gasteiger partial charge in [-0.3, -0.25) is 4.90 Å². The molecule has 0 aliphatic carbocycles. The zero-order valence-corrected chi connectivity index (χ0v) is 12.6. The third-order valence-corrected chi connectivity index (χ3v) is 3.99. The summed E-state index contributed by atoms with van der Waals surface area (Å²) >= 11 is 0. The van der Waals surface area contributed by atoms with Crippen molar-refractivity contribution < 1.29 is 5.11 Å². The van der Waals surface area contributed by atoms with Crippen LogP contribution in [-0.4, -0.2) is 41.8 Å². The molecule has 1 aliphatic heterocycles. The number of hydrogen-bond acceptors (Lipinski definition) is 3. The van der Waals surface area contributed by atoms with Gasteiger partial charge in [-0.1, -0.05) is 30.3 Å². The lowest BCUT2D eigenvalue weighted by Gasteiger charge is -2.33. The van der Waals surface area contributed by atoms with Crippen LogP contribution in [0.4, 0.5) is 0 Å². The van der Waals surface area contributed by atoms with E-state index in [0.717, 1.165) is 32.5 Å². The molecule has 1 heterocycles. The van der Waals surface area contributed by atoms with Crippen molar-refractivity contribution in [3.8, 4) is 0 Å². The largest absolute Gasteiger partial charge is 0.393 e. The van der Waals surface area contributed by atoms with Crippen LogP contribution in [0.2, 0.25) is 0 Å². The molecule has 2 rings (SSSR count). The number of hydrogen-bond donors (Lipinski definition) is 2. The van der Waals surface area contributed by atoms with Gasteiger partial charge in [0.05, 0.1) is 6.10 Å². The molecule has 0 saturated carbocycles. The lowest BCUT2D eigenvalue weighted by Crippen LogP contribution is -2.45. The van der Waals surface area contributed by atoms with Crippen LogP contribution in [0.25, 0.3) is 0 Å². The van der Waals surface area contributed by atoms with Crippen LogP contribution in [0.1, 0.15) is 38.2 Å². The Morgan fingerprint density at radius 2 is 2.15 bits per heavy atom. The van der Waals surface area contributed by atoms with Gasteiger partial charge in [-0.05, 0) is 51.3 Å². The van der Waals surface area contributed by atoms with Gasteiger partial charge in [0.2, 0.25) is 0 Å². The number of aliphatic hydroxyl groups is 1. The van der Waals surface area contributed by atoms with Gasteiger partial charge in [-0.15, -0.1) is 0 Å². The summed E-state index contributed by atoms with van der Waals surface area (Å²) in [5, 5.41) is 12.9. The normalized spacial score (nSPS) is 21.8. The zero-order valence-electron chi connectivity index (χ0n) is 12.6. The molecule has 1 fully saturated rings. The highest BCUT2D eigenvalue weighted by Gasteiger charge is 2.19. The first-order chi connectivity index (χ1) is 9.74. The van der Waals surface area contributed by atoms with Crippen LogP contribution in [-0.2, 0) is 6.54 Å². The first kappa shape index (κ1) is 15.5. The van der Waals surface area contributed by atoms with Gasteiger partial charge in [0.25, 0.3) is 0 Å². The molecular weight excluding hydrogens is 248 g/mol. The topological polar surface area (TPSA) is 35.5 Å². The Morgan fingerprint density at radius 3 is 2.90 bits per heavy atom. The first-order valence-corrected chi connectivity index (χ1v) is 7.92. The molecule has 0 aromatic heterocycles. The van der Waals surface area contributed by atoms with Gasteiger partial charge in [-0.25, -0.2) is 0 Å². The van der Waals surface area contributed by atoms with Crippen LogP contribution in [0.15, 0.2) is 30.3 Å². The van der Waals surface area contributed by atoms with Crippen molar-refractivity contribution in [3.63, 3.8) is 0 Å². The summed E-state index contributed by atoms with van der Waals surface area (Å²) in [7, 11) is 0. The first-order valence-electron chi connectivity index (χ1n) is 7.92. The Bertz CT molecular complexity index is 367. The summed E-state index contributed by atoms with van der Waals surface area (Å²) < 4.78 is 0. The molecule has 1 aromatic carbocycles. The molecule has 1 aliphatic rings. The summed E-state index contributed by atoms with van der Waals surface area (Å²) in [6.07, 6.45) is 4.35. The lowest BCUT2D eigenvalue weighted by atomic mass is 10.0. The van der Waals surface area contributed by atoms with E-state index in [1.54, 1.807) is 0 Å². The summed E-state index contributed by atoms with van der Waals surface area (Å²) in [5.41, 5.74) is 1.40. The fourth-order valence-corrected chi connectivity index (χ4v) is 2.91. The minimum atomic E-state index is -0.169. The summed E-state index contributed by atoms with van der Waals surface area (Å²) in [5.74, 6) is 0. The van der Waals surface area contributed by atoms with Crippen molar-refractivity contribution in [2.45, 2.75) is 51.3 Å². The highest BCUT2D eigenvalue weighted by molar-refractivity contribution is 5.14. The summed E-state index contributed by atoms with van der Waals surface area (Å²) in [4.78, 5) is 2.55. The number of rotatable bonds is 7. The number of aliphatic hydroxyl groups excluding tert-OH is 1. The van der Waals surface area contributed by atoms with E-state index < -0.39 is 0 Å². The lowest BCUT2D eigenvalue weighted by molar-refractivity contribution is 0.171. The van der Waals surface area contributed by atoms with E-state index in [9.17, 15) is 5.11 Å². The molecule has 0 radical (unpaired) electrons. The monoisotopic (exact) mass is 276 g/mol. The van der Waals surface area contributed by atoms with Crippen LogP contribution in [0.5, 0.6) is 0 Å².